The molecule has 0 saturated heterocycles. The highest BCUT2D eigenvalue weighted by atomic mass is 35.5. The Morgan fingerprint density at radius 3 is 1.60 bits per heavy atom. The third kappa shape index (κ3) is 9.44. The summed E-state index contributed by atoms with van der Waals surface area (Å²) in [5.41, 5.74) is 3.13. The molecule has 2 aromatic carbocycles. The predicted molar refractivity (Wildman–Crippen MR) is 156 cm³/mol. The lowest BCUT2D eigenvalue weighted by Gasteiger charge is -2.28. The van der Waals surface area contributed by atoms with Gasteiger partial charge in [-0.05, 0) is 55.7 Å². The minimum Gasteiger partial charge on any atom is -0.488 e. The molecule has 0 unspecified atom stereocenters. The summed E-state index contributed by atoms with van der Waals surface area (Å²) in [4.78, 5) is 51.5. The van der Waals surface area contributed by atoms with E-state index in [1.165, 1.54) is 38.2 Å². The fourth-order valence-corrected chi connectivity index (χ4v) is 4.18. The zero-order chi connectivity index (χ0) is 31.4. The number of halogens is 1. The molecule has 0 aliphatic heterocycles. The Morgan fingerprint density at radius 2 is 1.12 bits per heavy atom. The van der Waals surface area contributed by atoms with Crippen LogP contribution >= 0.6 is 11.6 Å². The second kappa shape index (κ2) is 16.3. The van der Waals surface area contributed by atoms with Gasteiger partial charge >= 0.3 is 23.9 Å². The summed E-state index contributed by atoms with van der Waals surface area (Å²) in [5.74, 6) is -1.45. The van der Waals surface area contributed by atoms with Gasteiger partial charge in [0.2, 0.25) is 0 Å². The molecule has 0 N–H and O–H groups in total. The van der Waals surface area contributed by atoms with Crippen molar-refractivity contribution in [2.45, 2.75) is 20.8 Å². The van der Waals surface area contributed by atoms with Crippen LogP contribution in [0.5, 0.6) is 11.5 Å². The van der Waals surface area contributed by atoms with Gasteiger partial charge in [0.05, 0.1) is 39.8 Å². The molecule has 0 heterocycles. The van der Waals surface area contributed by atoms with Crippen LogP contribution in [0, 0.1) is 20.8 Å². The number of anilines is 2. The molecule has 0 atom stereocenters. The van der Waals surface area contributed by atoms with Gasteiger partial charge in [-0.1, -0.05) is 17.7 Å². The largest absolute Gasteiger partial charge is 0.488 e. The van der Waals surface area contributed by atoms with Crippen LogP contribution in [0.15, 0.2) is 24.3 Å². The summed E-state index contributed by atoms with van der Waals surface area (Å²) in [6.45, 7) is 4.65. The molecule has 0 saturated carbocycles. The summed E-state index contributed by atoms with van der Waals surface area (Å²) in [6, 6.07) is 7.04. The third-order valence-electron chi connectivity index (χ3n) is 6.17. The first-order chi connectivity index (χ1) is 19.9. The first-order valence-electron chi connectivity index (χ1n) is 12.9. The maximum Gasteiger partial charge on any atom is 0.325 e. The fourth-order valence-electron chi connectivity index (χ4n) is 4.04. The maximum atomic E-state index is 12.2. The average Bonchev–Trinajstić information content (AvgIpc) is 2.97. The summed E-state index contributed by atoms with van der Waals surface area (Å²) in [5, 5.41) is 0.453. The van der Waals surface area contributed by atoms with Gasteiger partial charge in [-0.25, -0.2) is 0 Å². The van der Waals surface area contributed by atoms with Gasteiger partial charge in [-0.2, -0.15) is 0 Å². The number of esters is 4. The molecule has 0 aliphatic carbocycles. The number of hydrogen-bond acceptors (Lipinski definition) is 12. The molecular weight excluding hydrogens is 572 g/mol. The number of aryl methyl sites for hydroxylation is 2. The zero-order valence-electron chi connectivity index (χ0n) is 24.9. The lowest BCUT2D eigenvalue weighted by atomic mass is 10.1. The quantitative estimate of drug-likeness (QED) is 0.167. The van der Waals surface area contributed by atoms with E-state index < -0.39 is 23.9 Å². The number of ether oxygens (including phenoxy) is 6. The fraction of sp³-hybridized carbons (Fsp3) is 0.448. The Bertz CT molecular complexity index is 1250. The number of rotatable bonds is 15. The Labute approximate surface area is 250 Å². The smallest absolute Gasteiger partial charge is 0.325 e. The summed E-state index contributed by atoms with van der Waals surface area (Å²) in [7, 11) is 5.02. The highest BCUT2D eigenvalue weighted by molar-refractivity contribution is 6.32. The van der Waals surface area contributed by atoms with E-state index >= 15 is 0 Å². The van der Waals surface area contributed by atoms with E-state index in [-0.39, 0.29) is 39.4 Å². The summed E-state index contributed by atoms with van der Waals surface area (Å²) >= 11 is 6.52. The molecule has 13 heteroatoms. The molecule has 2 aromatic rings. The number of benzene rings is 2. The van der Waals surface area contributed by atoms with Crippen molar-refractivity contribution in [2.75, 3.05) is 77.6 Å². The standard InChI is InChI=1S/C29H37ClN2O10/c1-18-8-9-22(21(12-18)31(14-24(33)37-4)15-25(34)38-5)41-10-11-42-23-13-19(2)28(30)20(3)29(23)32(16-26(35)39-6)17-27(36)40-7/h8-9,12-13H,10-11,14-17H2,1-7H3. The van der Waals surface area contributed by atoms with E-state index in [1.54, 1.807) is 25.1 Å². The molecule has 230 valence electrons. The number of nitrogens with zero attached hydrogens (tertiary/aromatic N) is 2. The average molecular weight is 609 g/mol. The highest BCUT2D eigenvalue weighted by Crippen LogP contribution is 2.39. The highest BCUT2D eigenvalue weighted by Gasteiger charge is 2.25. The van der Waals surface area contributed by atoms with Crippen LogP contribution in [0.2, 0.25) is 5.02 Å². The van der Waals surface area contributed by atoms with Gasteiger partial charge < -0.3 is 38.2 Å². The Hall–Kier alpha value is -4.19. The van der Waals surface area contributed by atoms with Crippen LogP contribution in [0.25, 0.3) is 0 Å². The van der Waals surface area contributed by atoms with Gasteiger partial charge in [0.15, 0.2) is 0 Å². The van der Waals surface area contributed by atoms with Gasteiger partial charge in [0.1, 0.15) is 50.9 Å². The van der Waals surface area contributed by atoms with Crippen molar-refractivity contribution in [3.05, 3.63) is 46.0 Å². The topological polar surface area (TPSA) is 130 Å². The van der Waals surface area contributed by atoms with Crippen molar-refractivity contribution >= 4 is 46.9 Å². The second-order valence-electron chi connectivity index (χ2n) is 9.16. The molecule has 12 nitrogen and oxygen atoms in total. The molecule has 2 rings (SSSR count). The van der Waals surface area contributed by atoms with Crippen molar-refractivity contribution in [1.82, 2.24) is 0 Å². The summed E-state index contributed by atoms with van der Waals surface area (Å²) < 4.78 is 31.3. The Morgan fingerprint density at radius 1 is 0.667 bits per heavy atom. The summed E-state index contributed by atoms with van der Waals surface area (Å²) in [6.07, 6.45) is 0. The van der Waals surface area contributed by atoms with E-state index in [1.807, 2.05) is 19.9 Å². The van der Waals surface area contributed by atoms with Gasteiger partial charge in [-0.15, -0.1) is 0 Å². The lowest BCUT2D eigenvalue weighted by molar-refractivity contribution is -0.141. The van der Waals surface area contributed by atoms with Crippen LogP contribution < -0.4 is 19.3 Å². The van der Waals surface area contributed by atoms with Crippen LogP contribution in [0.3, 0.4) is 0 Å². The molecule has 0 aromatic heterocycles. The monoisotopic (exact) mass is 608 g/mol. The van der Waals surface area contributed by atoms with Crippen LogP contribution in [-0.2, 0) is 38.1 Å². The minimum atomic E-state index is -0.570. The van der Waals surface area contributed by atoms with E-state index in [4.69, 9.17) is 40.0 Å². The number of hydrogen-bond donors (Lipinski definition) is 0. The molecule has 0 spiro atoms. The number of carbonyl (C=O) groups is 4. The van der Waals surface area contributed by atoms with Crippen molar-refractivity contribution in [3.8, 4) is 11.5 Å². The van der Waals surface area contributed by atoms with E-state index in [9.17, 15) is 19.2 Å². The van der Waals surface area contributed by atoms with Gasteiger partial charge in [-0.3, -0.25) is 19.2 Å². The molecule has 0 amide bonds. The van der Waals surface area contributed by atoms with Gasteiger partial charge in [0.25, 0.3) is 0 Å². The predicted octanol–water partition coefficient (Wildman–Crippen LogP) is 3.03. The Kier molecular flexibility index (Phi) is 13.2. The van der Waals surface area contributed by atoms with E-state index in [0.29, 0.717) is 33.5 Å². The lowest BCUT2D eigenvalue weighted by Crippen LogP contribution is -2.36. The maximum absolute atomic E-state index is 12.2. The molecule has 0 radical (unpaired) electrons. The van der Waals surface area contributed by atoms with E-state index in [0.717, 1.165) is 11.1 Å². The SMILES string of the molecule is COC(=O)CN(CC(=O)OC)c1cc(C)ccc1OCCOc1cc(C)c(Cl)c(C)c1N(CC(=O)OC)CC(=O)OC. The number of methoxy groups -OCH3 is 4. The van der Waals surface area contributed by atoms with Gasteiger partial charge in [0, 0.05) is 5.02 Å². The molecular formula is C29H37ClN2O10. The van der Waals surface area contributed by atoms with Crippen molar-refractivity contribution in [1.29, 1.82) is 0 Å². The number of carbonyl (C=O) groups excluding carboxylic acids is 4. The van der Waals surface area contributed by atoms with Crippen LogP contribution in [0.1, 0.15) is 16.7 Å². The molecule has 42 heavy (non-hydrogen) atoms. The van der Waals surface area contributed by atoms with Crippen LogP contribution in [-0.4, -0.2) is 91.7 Å². The van der Waals surface area contributed by atoms with Crippen molar-refractivity contribution in [2.24, 2.45) is 0 Å². The van der Waals surface area contributed by atoms with E-state index in [2.05, 4.69) is 0 Å². The Balaban J connectivity index is 2.33. The third-order valence-corrected chi connectivity index (χ3v) is 6.75. The molecule has 0 aliphatic rings. The first kappa shape index (κ1) is 34.0. The second-order valence-corrected chi connectivity index (χ2v) is 9.54. The van der Waals surface area contributed by atoms with Crippen molar-refractivity contribution in [3.63, 3.8) is 0 Å². The first-order valence-corrected chi connectivity index (χ1v) is 13.3. The molecule has 0 bridgehead atoms. The molecule has 0 fully saturated rings. The normalized spacial score (nSPS) is 10.4. The van der Waals surface area contributed by atoms with Crippen molar-refractivity contribution < 1.29 is 47.6 Å². The minimum absolute atomic E-state index is 0.0547. The van der Waals surface area contributed by atoms with Crippen LogP contribution in [0.4, 0.5) is 11.4 Å². The zero-order valence-corrected chi connectivity index (χ0v) is 25.7.